The molecule has 19 nitrogen and oxygen atoms in total. The van der Waals surface area contributed by atoms with Crippen LogP contribution in [0.1, 0.15) is 128 Å². The van der Waals surface area contributed by atoms with Crippen molar-refractivity contribution in [2.24, 2.45) is 22.1 Å². The Hall–Kier alpha value is -8.08. The molecular formula is C91H106F7N2O17S4Si2U-. The summed E-state index contributed by atoms with van der Waals surface area (Å²) < 4.78 is 158. The van der Waals surface area contributed by atoms with Crippen LogP contribution >= 0.6 is 0 Å². The van der Waals surface area contributed by atoms with Gasteiger partial charge in [-0.2, -0.15) is 26.3 Å². The van der Waals surface area contributed by atoms with Crippen LogP contribution in [0.2, 0.25) is 36.3 Å². The summed E-state index contributed by atoms with van der Waals surface area (Å²) in [5.41, 5.74) is -0.761. The van der Waals surface area contributed by atoms with Crippen molar-refractivity contribution in [2.45, 2.75) is 192 Å². The molecule has 2 aliphatic heterocycles. The number of nitrogens with zero attached hydrogens (tertiary/aromatic N) is 2. The third-order valence-corrected chi connectivity index (χ3v) is 32.1. The standard InChI is InChI=1S/C41H43F3O6Si.C31H40O4Si.C10H5F3O3.C8H14N2O4.CH3.FH.S4.U/c1-27-37(50-51(5,6)39(2,3)4)35(49-38(27)47-31-22-23-32-33(41(42,43)44)25-36(45)48-34(32)24-31)26-46-40(28-16-10-7-11-17-28,29-18-12-8-13-19-29)30-20-14-9-15-21-30;1-23-28(35-36(5,6)30(2,3)4)27(34-29(23)32)22-33-31(24-16-10-7-11-17-24,25-18-12-8-13-19-25)26-20-14-9-15-21-26;11-10(12,13)7-4-9(15)16-8-3-5(14)1-2-6(7)8;1-5(2)13-7(11)9-10-8(12)14-6(3)4;;;1-3-4-2;/h7-25,27,35,37-38H,26H2,1-6H3;7-21,23,27-29,32H,22H2,1-6H3;1-4,14H;5-6H,1-4H3;1H3;1H;;/q;;;;-1;;;/t27?,35-,37+,38?;23?,27-,28+,29?;;;;;;/m11....../s1/i/hT. The monoisotopic (exact) mass is 2060 g/mol. The predicted octanol–water partition coefficient (Wildman–Crippen LogP) is 22.3. The minimum Gasteiger partial charge on any atom is -0.508 e. The molecule has 2 aliphatic rings. The van der Waals surface area contributed by atoms with Crippen molar-refractivity contribution in [3.8, 4) is 11.5 Å². The summed E-state index contributed by atoms with van der Waals surface area (Å²) in [5.74, 6) is -0.527. The molecule has 2 saturated heterocycles. The molecule has 8 aromatic carbocycles. The molecule has 4 unspecified atom stereocenters. The largest absolute Gasteiger partial charge is 0.508 e. The fourth-order valence-electron chi connectivity index (χ4n) is 13.0. The van der Waals surface area contributed by atoms with Crippen molar-refractivity contribution in [3.63, 3.8) is 0 Å². The number of carbonyl (C=O) groups is 2. The molecule has 10 aromatic rings. The number of aromatic hydroxyl groups is 1. The summed E-state index contributed by atoms with van der Waals surface area (Å²) in [4.78, 5) is 44.5. The topological polar surface area (TPSA) is 243 Å². The van der Waals surface area contributed by atoms with E-state index in [2.05, 4.69) is 188 Å². The molecule has 12 rings (SSSR count). The van der Waals surface area contributed by atoms with Crippen molar-refractivity contribution in [3.05, 3.63) is 303 Å². The molecule has 2 fully saturated rings. The number of hydrogen-bond acceptors (Lipinski definition) is 19. The van der Waals surface area contributed by atoms with Gasteiger partial charge in [-0.3, -0.25) is 4.72 Å². The predicted molar refractivity (Wildman–Crippen MR) is 476 cm³/mol. The number of rotatable bonds is 20. The summed E-state index contributed by atoms with van der Waals surface area (Å²) in [6.45, 7) is 33.1. The van der Waals surface area contributed by atoms with E-state index in [0.29, 0.717) is 12.1 Å². The average Bonchev–Trinajstić information content (AvgIpc) is 1.49. The number of azo groups is 1. The van der Waals surface area contributed by atoms with Gasteiger partial charge in [0, 0.05) is 118 Å². The van der Waals surface area contributed by atoms with Crippen LogP contribution in [0.5, 0.6) is 11.5 Å². The molecule has 0 bridgehead atoms. The van der Waals surface area contributed by atoms with E-state index >= 15 is 0 Å². The van der Waals surface area contributed by atoms with Crippen LogP contribution < -0.4 is 16.0 Å². The number of carbonyl (C=O) groups excluding carboxylic acids is 2. The zero-order valence-electron chi connectivity index (χ0n) is 72.8. The average molecular weight is 2060 g/mol. The van der Waals surface area contributed by atoms with Crippen LogP contribution in [0.15, 0.2) is 259 Å². The second-order valence-corrected chi connectivity index (χ2v) is 45.4. The Balaban J connectivity index is 0.000000323. The van der Waals surface area contributed by atoms with Gasteiger partial charge in [-0.05, 0) is 122 Å². The third-order valence-electron chi connectivity index (χ3n) is 21.0. The number of aliphatic hydroxyl groups is 1. The smallest absolute Gasteiger partial charge is 0.452 e. The van der Waals surface area contributed by atoms with Crippen LogP contribution in [-0.4, -0.2) is 103 Å². The van der Waals surface area contributed by atoms with Gasteiger partial charge >= 0.3 is 35.8 Å². The van der Waals surface area contributed by atoms with E-state index in [-0.39, 0.29) is 132 Å². The molecule has 0 radical (unpaired) electrons. The number of alkyl halides is 6. The molecule has 668 valence electrons. The number of aliphatic hydroxyl groups excluding tert-OH is 1. The summed E-state index contributed by atoms with van der Waals surface area (Å²) in [7, 11) is -2.11. The van der Waals surface area contributed by atoms with Gasteiger partial charge in [-0.25, -0.2) is 19.2 Å². The molecule has 124 heavy (non-hydrogen) atoms. The first-order valence-electron chi connectivity index (χ1n) is 39.3. The number of phenols is 1. The zero-order chi connectivity index (χ0) is 91.1. The Morgan fingerprint density at radius 2 is 0.806 bits per heavy atom. The van der Waals surface area contributed by atoms with E-state index in [0.717, 1.165) is 51.6 Å². The molecular weight excluding hydrogens is 1950 g/mol. The summed E-state index contributed by atoms with van der Waals surface area (Å²) in [6.07, 6.45) is -15.1. The Morgan fingerprint density at radius 1 is 0.500 bits per heavy atom. The maximum Gasteiger partial charge on any atom is 0.452 e. The van der Waals surface area contributed by atoms with Crippen LogP contribution in [-0.2, 0) is 101 Å². The van der Waals surface area contributed by atoms with E-state index in [1.165, 1.54) is 36.0 Å². The molecule has 2 N–H and O–H groups in total. The summed E-state index contributed by atoms with van der Waals surface area (Å²) >= 11 is 8.66. The van der Waals surface area contributed by atoms with Crippen LogP contribution in [0.3, 0.4) is 0 Å². The van der Waals surface area contributed by atoms with E-state index in [1.807, 2.05) is 123 Å². The Morgan fingerprint density at radius 3 is 1.11 bits per heavy atom. The fraction of sp³-hybridized carbons (Fsp3) is 0.374. The van der Waals surface area contributed by atoms with Crippen molar-refractivity contribution >= 4 is 90.9 Å². The van der Waals surface area contributed by atoms with Gasteiger partial charge in [0.25, 0.3) is 1.45 Å². The number of fused-ring (bicyclic) bond motifs is 2. The van der Waals surface area contributed by atoms with Crippen molar-refractivity contribution < 1.29 is 133 Å². The Labute approximate surface area is 761 Å². The van der Waals surface area contributed by atoms with Crippen LogP contribution in [0.4, 0.5) is 40.6 Å². The number of benzene rings is 8. The first kappa shape index (κ1) is 105. The van der Waals surface area contributed by atoms with Crippen molar-refractivity contribution in [1.29, 1.82) is 1.45 Å². The number of halogens is 7. The van der Waals surface area contributed by atoms with E-state index in [1.54, 1.807) is 27.7 Å². The van der Waals surface area contributed by atoms with Crippen LogP contribution in [0.25, 0.3) is 21.9 Å². The van der Waals surface area contributed by atoms with E-state index in [9.17, 15) is 50.6 Å². The molecule has 33 heteroatoms. The minimum absolute atomic E-state index is 0. The zero-order valence-corrected chi connectivity index (χ0v) is 81.2. The van der Waals surface area contributed by atoms with Gasteiger partial charge in [0.05, 0.1) is 48.8 Å². The van der Waals surface area contributed by atoms with Crippen molar-refractivity contribution in [2.75, 3.05) is 13.2 Å². The van der Waals surface area contributed by atoms with Gasteiger partial charge in [-0.15, -0.1) is 0 Å². The molecule has 2 aromatic heterocycles. The normalized spacial score (nSPS) is 18.0. The quantitative estimate of drug-likeness (QED) is 0.0180. The Kier molecular flexibility index (Phi) is 39.3. The maximum atomic E-state index is 13.7. The molecule has 4 heterocycles. The molecule has 0 saturated carbocycles. The second-order valence-electron chi connectivity index (χ2n) is 32.3. The second kappa shape index (κ2) is 46.6. The minimum atomic E-state index is -4.73. The first-order valence-corrected chi connectivity index (χ1v) is 48.7. The van der Waals surface area contributed by atoms with Gasteiger partial charge in [0.15, 0.2) is 22.9 Å². The number of phenolic OH excluding ortho intramolecular Hbond substituents is 1. The fourth-order valence-corrected chi connectivity index (χ4v) is 15.8. The van der Waals surface area contributed by atoms with Crippen LogP contribution in [0, 0.1) is 50.4 Å². The maximum absolute atomic E-state index is 13.7. The number of hydrogen-bond donors (Lipinski definition) is 2. The molecule has 0 spiro atoms. The van der Waals surface area contributed by atoms with Gasteiger partial charge in [-0.1, -0.05) is 248 Å². The number of amides is 2. The van der Waals surface area contributed by atoms with Gasteiger partial charge < -0.3 is 68.5 Å². The Bertz CT molecular complexity index is 5070. The molecule has 2 amide bonds. The third kappa shape index (κ3) is 28.0. The molecule has 8 atom stereocenters. The number of ether oxygens (including phenoxy) is 7. The van der Waals surface area contributed by atoms with E-state index < -0.39 is 99.5 Å². The van der Waals surface area contributed by atoms with E-state index in [4.69, 9.17) is 46.8 Å². The molecule has 0 aliphatic carbocycles. The SMILES string of the molecule is CC(C)OC(=O)N=NC(=O)OC(C)C.CC1C(O)O[C@H](COC(c2ccccc2)(c2ccccc2)c2ccccc2)[C@H]1O[Si](C)(C)C(C)(C)C.CC1C(Oc2ccc3c(C(F)(F)F)cc(=O)oc3c2)O[C@H](COC(c2ccccc2)(c2ccccc2)c2ccccc2)[C@H]1O[Si](C)(C)C(C)(C)C.O=c1cc(C(F)(F)F)c2ccc(O)cc2o1.S=S=S=S.[3H]F.[CH3-].[U]. The van der Waals surface area contributed by atoms with Crippen molar-refractivity contribution in [1.82, 2.24) is 0 Å². The van der Waals surface area contributed by atoms with Gasteiger partial charge in [0.1, 0.15) is 46.1 Å². The first-order chi connectivity index (χ1) is 57.9. The summed E-state index contributed by atoms with van der Waals surface area (Å²) in [6, 6.07) is 69.0. The van der Waals surface area contributed by atoms with Gasteiger partial charge in [0.2, 0.25) is 6.29 Å². The summed E-state index contributed by atoms with van der Waals surface area (Å²) in [5, 5.41) is 25.2.